The largest absolute Gasteiger partial charge is 0.493 e. The van der Waals surface area contributed by atoms with Crippen molar-refractivity contribution < 1.29 is 14.0 Å². The number of ether oxygens (including phenoxy) is 2. The molecule has 20 heavy (non-hydrogen) atoms. The maximum Gasteiger partial charge on any atom is 0.257 e. The van der Waals surface area contributed by atoms with Crippen molar-refractivity contribution in [2.24, 2.45) is 5.92 Å². The van der Waals surface area contributed by atoms with Gasteiger partial charge in [0, 0.05) is 11.6 Å². The summed E-state index contributed by atoms with van der Waals surface area (Å²) in [7, 11) is 1.61. The van der Waals surface area contributed by atoms with E-state index < -0.39 is 0 Å². The van der Waals surface area contributed by atoms with E-state index in [9.17, 15) is 4.91 Å². The van der Waals surface area contributed by atoms with Crippen molar-refractivity contribution in [1.82, 2.24) is 5.10 Å². The number of hydrogen-bond acceptors (Lipinski definition) is 3. The van der Waals surface area contributed by atoms with E-state index in [1.165, 1.54) is 6.20 Å². The molecule has 0 unspecified atom stereocenters. The van der Waals surface area contributed by atoms with Crippen LogP contribution < -0.4 is 14.0 Å². The zero-order valence-electron chi connectivity index (χ0n) is 11.9. The van der Waals surface area contributed by atoms with Crippen molar-refractivity contribution >= 4 is 0 Å². The van der Waals surface area contributed by atoms with Gasteiger partial charge in [0.2, 0.25) is 0 Å². The molecule has 2 aromatic rings. The molecule has 0 atom stereocenters. The average Bonchev–Trinajstić information content (AvgIpc) is 2.44. The summed E-state index contributed by atoms with van der Waals surface area (Å²) in [6.07, 6.45) is 1.41. The van der Waals surface area contributed by atoms with Gasteiger partial charge in [0.05, 0.1) is 18.6 Å². The number of aromatic amines is 1. The van der Waals surface area contributed by atoms with Crippen LogP contribution in [0.2, 0.25) is 0 Å². The Morgan fingerprint density at radius 2 is 2.05 bits per heavy atom. The molecule has 1 N–H and O–H groups in total. The summed E-state index contributed by atoms with van der Waals surface area (Å²) in [6, 6.07) is 9.11. The summed E-state index contributed by atoms with van der Waals surface area (Å²) in [6.45, 7) is 4.78. The third kappa shape index (κ3) is 3.38. The van der Waals surface area contributed by atoms with E-state index >= 15 is 0 Å². The summed E-state index contributed by atoms with van der Waals surface area (Å²) in [5.74, 6) is 1.78. The van der Waals surface area contributed by atoms with Crippen LogP contribution in [-0.2, 0) is 0 Å². The molecule has 0 saturated carbocycles. The van der Waals surface area contributed by atoms with E-state index in [4.69, 9.17) is 9.47 Å². The minimum atomic E-state index is 0.426. The fraction of sp³-hybridized carbons (Fsp3) is 0.333. The van der Waals surface area contributed by atoms with Gasteiger partial charge in [0.1, 0.15) is 5.69 Å². The van der Waals surface area contributed by atoms with Crippen LogP contribution in [0.4, 0.5) is 0 Å². The van der Waals surface area contributed by atoms with Crippen molar-refractivity contribution in [3.8, 4) is 22.8 Å². The standard InChI is InChI=1S/C15H19N2O3/c1-11(2)10-20-15-9-12(6-7-14(15)19-3)13-5-4-8-17(18)16-13/h4-9,11H,10H2,1-3H3,(H,16,18)/q+1. The molecule has 2 rings (SSSR count). The minimum absolute atomic E-state index is 0.426. The predicted octanol–water partition coefficient (Wildman–Crippen LogP) is 2.64. The average molecular weight is 275 g/mol. The first-order valence-electron chi connectivity index (χ1n) is 6.53. The molecule has 1 aromatic heterocycles. The molecule has 0 aliphatic rings. The van der Waals surface area contributed by atoms with E-state index in [-0.39, 0.29) is 0 Å². The molecule has 0 amide bonds. The van der Waals surface area contributed by atoms with E-state index in [1.54, 1.807) is 13.2 Å². The molecule has 106 valence electrons. The van der Waals surface area contributed by atoms with Crippen molar-refractivity contribution in [2.45, 2.75) is 13.8 Å². The summed E-state index contributed by atoms with van der Waals surface area (Å²) in [4.78, 5) is 11.3. The summed E-state index contributed by atoms with van der Waals surface area (Å²) < 4.78 is 11.7. The Labute approximate surface area is 117 Å². The van der Waals surface area contributed by atoms with E-state index in [2.05, 4.69) is 18.9 Å². The van der Waals surface area contributed by atoms with Gasteiger partial charge >= 0.3 is 0 Å². The highest BCUT2D eigenvalue weighted by molar-refractivity contribution is 5.63. The Balaban J connectivity index is 2.36. The lowest BCUT2D eigenvalue weighted by Gasteiger charge is -2.13. The van der Waals surface area contributed by atoms with E-state index in [0.29, 0.717) is 28.6 Å². The van der Waals surface area contributed by atoms with Gasteiger partial charge in [-0.25, -0.2) is 0 Å². The third-order valence-corrected chi connectivity index (χ3v) is 2.76. The van der Waals surface area contributed by atoms with Gasteiger partial charge in [0.25, 0.3) is 6.20 Å². The topological polar surface area (TPSA) is 57.2 Å². The molecule has 0 aliphatic heterocycles. The van der Waals surface area contributed by atoms with E-state index in [0.717, 1.165) is 11.3 Å². The Kier molecular flexibility index (Phi) is 4.40. The third-order valence-electron chi connectivity index (χ3n) is 2.76. The fourth-order valence-electron chi connectivity index (χ4n) is 1.78. The van der Waals surface area contributed by atoms with Crippen LogP contribution in [0.5, 0.6) is 11.5 Å². The number of benzene rings is 1. The molecule has 5 heteroatoms. The molecule has 0 bridgehead atoms. The highest BCUT2D eigenvalue weighted by Crippen LogP contribution is 2.31. The number of nitrogens with one attached hydrogen (secondary N) is 1. The zero-order valence-corrected chi connectivity index (χ0v) is 11.9. The van der Waals surface area contributed by atoms with Crippen LogP contribution >= 0.6 is 0 Å². The van der Waals surface area contributed by atoms with Gasteiger partial charge in [-0.15, -0.1) is 5.10 Å². The lowest BCUT2D eigenvalue weighted by molar-refractivity contribution is -0.563. The summed E-state index contributed by atoms with van der Waals surface area (Å²) in [5.41, 5.74) is 1.59. The van der Waals surface area contributed by atoms with Crippen LogP contribution in [0, 0.1) is 10.8 Å². The number of hydrogen-bond donors (Lipinski definition) is 1. The maximum atomic E-state index is 11.3. The van der Waals surface area contributed by atoms with Gasteiger partial charge in [-0.05, 0) is 30.2 Å². The Morgan fingerprint density at radius 3 is 2.70 bits per heavy atom. The quantitative estimate of drug-likeness (QED) is 0.853. The number of nitrogens with zero attached hydrogens (tertiary/aromatic N) is 1. The van der Waals surface area contributed by atoms with Gasteiger partial charge in [-0.2, -0.15) is 0 Å². The highest BCUT2D eigenvalue weighted by atomic mass is 16.5. The molecule has 1 heterocycles. The molecular formula is C15H19N2O3+. The number of methoxy groups -OCH3 is 1. The molecule has 5 nitrogen and oxygen atoms in total. The highest BCUT2D eigenvalue weighted by Gasteiger charge is 2.10. The predicted molar refractivity (Wildman–Crippen MR) is 76.5 cm³/mol. The summed E-state index contributed by atoms with van der Waals surface area (Å²) in [5, 5.41) is 2.72. The fourth-order valence-corrected chi connectivity index (χ4v) is 1.78. The SMILES string of the molecule is COc1ccc(-c2ccc[n+](=O)[nH]2)cc1OCC(C)C. The number of aromatic nitrogens is 2. The summed E-state index contributed by atoms with van der Waals surface area (Å²) >= 11 is 0. The molecule has 0 saturated heterocycles. The molecule has 0 radical (unpaired) electrons. The van der Waals surface area contributed by atoms with Crippen molar-refractivity contribution in [3.05, 3.63) is 41.4 Å². The first-order chi connectivity index (χ1) is 9.60. The van der Waals surface area contributed by atoms with Gasteiger partial charge in [-0.3, -0.25) is 0 Å². The molecule has 0 fully saturated rings. The monoisotopic (exact) mass is 275 g/mol. The number of rotatable bonds is 5. The second-order valence-electron chi connectivity index (χ2n) is 4.93. The minimum Gasteiger partial charge on any atom is -0.493 e. The van der Waals surface area contributed by atoms with Crippen molar-refractivity contribution in [3.63, 3.8) is 0 Å². The maximum absolute atomic E-state index is 11.3. The molecule has 0 aliphatic carbocycles. The van der Waals surface area contributed by atoms with Crippen LogP contribution in [0.3, 0.4) is 0 Å². The second-order valence-corrected chi connectivity index (χ2v) is 4.93. The first-order valence-corrected chi connectivity index (χ1v) is 6.53. The Morgan fingerprint density at radius 1 is 1.25 bits per heavy atom. The lowest BCUT2D eigenvalue weighted by atomic mass is 10.1. The smallest absolute Gasteiger partial charge is 0.257 e. The zero-order chi connectivity index (χ0) is 14.5. The first kappa shape index (κ1) is 14.1. The molecular weight excluding hydrogens is 256 g/mol. The van der Waals surface area contributed by atoms with Gasteiger partial charge in [0.15, 0.2) is 16.0 Å². The normalized spacial score (nSPS) is 10.6. The Bertz CT molecular complexity index is 635. The van der Waals surface area contributed by atoms with Crippen LogP contribution in [0.1, 0.15) is 13.8 Å². The van der Waals surface area contributed by atoms with Crippen LogP contribution in [-0.4, -0.2) is 18.8 Å². The number of H-pyrrole nitrogens is 1. The van der Waals surface area contributed by atoms with Crippen LogP contribution in [0.15, 0.2) is 36.5 Å². The van der Waals surface area contributed by atoms with Crippen molar-refractivity contribution in [1.29, 1.82) is 0 Å². The van der Waals surface area contributed by atoms with E-state index in [1.807, 2.05) is 24.3 Å². The second kappa shape index (κ2) is 6.23. The molecule has 1 aromatic carbocycles. The van der Waals surface area contributed by atoms with Crippen LogP contribution in [0.25, 0.3) is 11.3 Å². The van der Waals surface area contributed by atoms with Crippen molar-refractivity contribution in [2.75, 3.05) is 13.7 Å². The lowest BCUT2D eigenvalue weighted by Crippen LogP contribution is -2.18. The molecule has 0 spiro atoms. The van der Waals surface area contributed by atoms with Gasteiger partial charge < -0.3 is 9.47 Å². The van der Waals surface area contributed by atoms with Gasteiger partial charge in [-0.1, -0.05) is 13.8 Å². The Hall–Kier alpha value is -2.30.